The highest BCUT2D eigenvalue weighted by atomic mass is 16.3. The molecular weight excluding hydrogens is 320 g/mol. The number of carbonyl (C=O) groups is 1. The van der Waals surface area contributed by atoms with Crippen LogP contribution in [0.2, 0.25) is 0 Å². The molecule has 1 fully saturated rings. The Balaban J connectivity index is 1.46. The van der Waals surface area contributed by atoms with E-state index in [-0.39, 0.29) is 11.9 Å². The Labute approximate surface area is 144 Å². The number of aliphatic hydroxyl groups is 1. The molecule has 0 radical (unpaired) electrons. The molecule has 1 atom stereocenters. The second kappa shape index (κ2) is 6.14. The number of aliphatic hydroxyl groups excluding tert-OH is 1. The van der Waals surface area contributed by atoms with E-state index in [2.05, 4.69) is 15.3 Å². The topological polar surface area (TPSA) is 89.1 Å². The number of likely N-dealkylation sites (tertiary alicyclic amines) is 1. The standard InChI is InChI=1S/C17H18N6O2/c1-12(24)15-10-23(20-19-15)14-8-21(9-14)17(25)16-7-18-11-22(16)13-5-3-2-4-6-13/h2-7,10-12,14,24H,8-9H2,1H3. The molecule has 25 heavy (non-hydrogen) atoms. The predicted molar refractivity (Wildman–Crippen MR) is 89.2 cm³/mol. The van der Waals surface area contributed by atoms with Gasteiger partial charge in [0.05, 0.1) is 30.9 Å². The fourth-order valence-corrected chi connectivity index (χ4v) is 2.86. The summed E-state index contributed by atoms with van der Waals surface area (Å²) in [4.78, 5) is 18.6. The smallest absolute Gasteiger partial charge is 0.272 e. The summed E-state index contributed by atoms with van der Waals surface area (Å²) < 4.78 is 3.50. The van der Waals surface area contributed by atoms with Crippen molar-refractivity contribution in [2.24, 2.45) is 0 Å². The number of carbonyl (C=O) groups excluding carboxylic acids is 1. The van der Waals surface area contributed by atoms with Crippen molar-refractivity contribution in [1.82, 2.24) is 29.4 Å². The molecule has 0 saturated carbocycles. The maximum absolute atomic E-state index is 12.8. The molecule has 4 rings (SSSR count). The van der Waals surface area contributed by atoms with Crippen LogP contribution in [0.1, 0.15) is 35.3 Å². The predicted octanol–water partition coefficient (Wildman–Crippen LogP) is 1.21. The van der Waals surface area contributed by atoms with Crippen LogP contribution in [0.15, 0.2) is 49.1 Å². The van der Waals surface area contributed by atoms with E-state index in [0.29, 0.717) is 24.5 Å². The van der Waals surface area contributed by atoms with Crippen molar-refractivity contribution in [1.29, 1.82) is 0 Å². The molecule has 8 nitrogen and oxygen atoms in total. The molecule has 1 saturated heterocycles. The van der Waals surface area contributed by atoms with E-state index in [1.54, 1.807) is 39.8 Å². The lowest BCUT2D eigenvalue weighted by Crippen LogP contribution is -2.51. The van der Waals surface area contributed by atoms with Crippen LogP contribution in [0.5, 0.6) is 0 Å². The number of rotatable bonds is 4. The molecule has 1 amide bonds. The van der Waals surface area contributed by atoms with E-state index in [0.717, 1.165) is 5.69 Å². The van der Waals surface area contributed by atoms with Gasteiger partial charge >= 0.3 is 0 Å². The molecule has 1 aliphatic rings. The van der Waals surface area contributed by atoms with Gasteiger partial charge in [0, 0.05) is 18.8 Å². The number of benzene rings is 1. The molecule has 128 valence electrons. The second-order valence-corrected chi connectivity index (χ2v) is 6.15. The summed E-state index contributed by atoms with van der Waals surface area (Å²) in [5, 5.41) is 17.5. The highest BCUT2D eigenvalue weighted by Crippen LogP contribution is 2.24. The Morgan fingerprint density at radius 1 is 1.28 bits per heavy atom. The lowest BCUT2D eigenvalue weighted by Gasteiger charge is -2.38. The van der Waals surface area contributed by atoms with Gasteiger partial charge in [-0.05, 0) is 19.1 Å². The SMILES string of the molecule is CC(O)c1cn(C2CN(C(=O)c3cncn3-c3ccccc3)C2)nn1. The van der Waals surface area contributed by atoms with E-state index in [4.69, 9.17) is 0 Å². The van der Waals surface area contributed by atoms with Crippen LogP contribution in [-0.4, -0.2) is 53.5 Å². The molecule has 1 aliphatic heterocycles. The number of imidazole rings is 1. The van der Waals surface area contributed by atoms with Gasteiger partial charge in [-0.15, -0.1) is 5.10 Å². The largest absolute Gasteiger partial charge is 0.387 e. The van der Waals surface area contributed by atoms with Crippen LogP contribution >= 0.6 is 0 Å². The number of hydrogen-bond acceptors (Lipinski definition) is 5. The molecule has 0 aliphatic carbocycles. The lowest BCUT2D eigenvalue weighted by molar-refractivity contribution is 0.0490. The van der Waals surface area contributed by atoms with Crippen LogP contribution in [0, 0.1) is 0 Å². The number of amides is 1. The summed E-state index contributed by atoms with van der Waals surface area (Å²) in [5.41, 5.74) is 1.97. The molecule has 1 N–H and O–H groups in total. The summed E-state index contributed by atoms with van der Waals surface area (Å²) >= 11 is 0. The summed E-state index contributed by atoms with van der Waals surface area (Å²) in [5.74, 6) is -0.0616. The summed E-state index contributed by atoms with van der Waals surface area (Å²) in [6.45, 7) is 2.76. The minimum absolute atomic E-state index is 0.0616. The fraction of sp³-hybridized carbons (Fsp3) is 0.294. The number of para-hydroxylation sites is 1. The van der Waals surface area contributed by atoms with Crippen molar-refractivity contribution in [2.45, 2.75) is 19.1 Å². The van der Waals surface area contributed by atoms with Gasteiger partial charge in [0.2, 0.25) is 0 Å². The molecule has 1 unspecified atom stereocenters. The molecule has 3 aromatic rings. The third-order valence-corrected chi connectivity index (χ3v) is 4.37. The van der Waals surface area contributed by atoms with E-state index in [1.807, 2.05) is 30.3 Å². The molecule has 1 aromatic carbocycles. The average Bonchev–Trinajstić information content (AvgIpc) is 3.24. The highest BCUT2D eigenvalue weighted by Gasteiger charge is 2.34. The van der Waals surface area contributed by atoms with Crippen LogP contribution < -0.4 is 0 Å². The van der Waals surface area contributed by atoms with Gasteiger partial charge in [-0.1, -0.05) is 23.4 Å². The summed E-state index contributed by atoms with van der Waals surface area (Å²) in [6, 6.07) is 9.73. The Morgan fingerprint density at radius 3 is 2.72 bits per heavy atom. The molecule has 8 heteroatoms. The first-order valence-electron chi connectivity index (χ1n) is 8.10. The maximum Gasteiger partial charge on any atom is 0.272 e. The Bertz CT molecular complexity index is 879. The zero-order chi connectivity index (χ0) is 17.4. The molecule has 0 spiro atoms. The van der Waals surface area contributed by atoms with Crippen LogP contribution in [0.3, 0.4) is 0 Å². The van der Waals surface area contributed by atoms with Crippen LogP contribution in [0.25, 0.3) is 5.69 Å². The monoisotopic (exact) mass is 338 g/mol. The van der Waals surface area contributed by atoms with Gasteiger partial charge in [-0.2, -0.15) is 0 Å². The summed E-state index contributed by atoms with van der Waals surface area (Å²) in [7, 11) is 0. The van der Waals surface area contributed by atoms with Crippen molar-refractivity contribution in [3.8, 4) is 5.69 Å². The second-order valence-electron chi connectivity index (χ2n) is 6.15. The zero-order valence-electron chi connectivity index (χ0n) is 13.7. The fourth-order valence-electron chi connectivity index (χ4n) is 2.86. The Kier molecular flexibility index (Phi) is 3.81. The number of nitrogens with zero attached hydrogens (tertiary/aromatic N) is 6. The van der Waals surface area contributed by atoms with Crippen molar-refractivity contribution in [2.75, 3.05) is 13.1 Å². The number of hydrogen-bond donors (Lipinski definition) is 1. The minimum Gasteiger partial charge on any atom is -0.387 e. The van der Waals surface area contributed by atoms with E-state index >= 15 is 0 Å². The molecule has 3 heterocycles. The van der Waals surface area contributed by atoms with Gasteiger partial charge in [0.1, 0.15) is 11.4 Å². The van der Waals surface area contributed by atoms with Crippen LogP contribution in [-0.2, 0) is 0 Å². The molecular formula is C17H18N6O2. The van der Waals surface area contributed by atoms with Gasteiger partial charge in [0.25, 0.3) is 5.91 Å². The minimum atomic E-state index is -0.646. The van der Waals surface area contributed by atoms with Gasteiger partial charge in [-0.25, -0.2) is 9.67 Å². The van der Waals surface area contributed by atoms with Gasteiger partial charge < -0.3 is 10.0 Å². The summed E-state index contributed by atoms with van der Waals surface area (Å²) in [6.07, 6.45) is 4.31. The van der Waals surface area contributed by atoms with E-state index in [1.165, 1.54) is 0 Å². The van der Waals surface area contributed by atoms with Gasteiger partial charge in [-0.3, -0.25) is 9.36 Å². The van der Waals surface area contributed by atoms with E-state index in [9.17, 15) is 9.90 Å². The Morgan fingerprint density at radius 2 is 2.04 bits per heavy atom. The quantitative estimate of drug-likeness (QED) is 0.772. The van der Waals surface area contributed by atoms with Crippen molar-refractivity contribution in [3.05, 3.63) is 60.4 Å². The Hall–Kier alpha value is -3.00. The van der Waals surface area contributed by atoms with Gasteiger partial charge in [0.15, 0.2) is 0 Å². The molecule has 2 aromatic heterocycles. The lowest BCUT2D eigenvalue weighted by atomic mass is 10.1. The first kappa shape index (κ1) is 15.5. The van der Waals surface area contributed by atoms with E-state index < -0.39 is 6.10 Å². The van der Waals surface area contributed by atoms with Crippen molar-refractivity contribution in [3.63, 3.8) is 0 Å². The third-order valence-electron chi connectivity index (χ3n) is 4.37. The third kappa shape index (κ3) is 2.80. The highest BCUT2D eigenvalue weighted by molar-refractivity contribution is 5.93. The van der Waals surface area contributed by atoms with Crippen molar-refractivity contribution >= 4 is 5.91 Å². The number of aromatic nitrogens is 5. The first-order chi connectivity index (χ1) is 12.1. The first-order valence-corrected chi connectivity index (χ1v) is 8.10. The maximum atomic E-state index is 12.8. The van der Waals surface area contributed by atoms with Crippen molar-refractivity contribution < 1.29 is 9.90 Å². The zero-order valence-corrected chi connectivity index (χ0v) is 13.7. The van der Waals surface area contributed by atoms with Crippen LogP contribution in [0.4, 0.5) is 0 Å². The normalized spacial score (nSPS) is 15.8. The average molecular weight is 338 g/mol. The molecule has 0 bridgehead atoms.